The molecule has 2 aromatic heterocycles. The zero-order valence-electron chi connectivity index (χ0n) is 18.0. The van der Waals surface area contributed by atoms with E-state index in [0.29, 0.717) is 13.2 Å². The third-order valence-electron chi connectivity index (χ3n) is 5.88. The minimum absolute atomic E-state index is 0.0700. The van der Waals surface area contributed by atoms with E-state index in [-0.39, 0.29) is 6.04 Å². The molecule has 0 spiro atoms. The molecule has 0 aliphatic carbocycles. The lowest BCUT2D eigenvalue weighted by Gasteiger charge is -2.37. The third-order valence-corrected chi connectivity index (χ3v) is 5.88. The number of nitrogens with zero attached hydrogens (tertiary/aromatic N) is 6. The van der Waals surface area contributed by atoms with Gasteiger partial charge in [0.15, 0.2) is 6.04 Å². The molecule has 4 rings (SSSR count). The molecule has 3 heterocycles. The van der Waals surface area contributed by atoms with E-state index in [1.165, 1.54) is 27.3 Å². The molecule has 1 aromatic carbocycles. The molecular weight excluding hydrogens is 378 g/mol. The van der Waals surface area contributed by atoms with E-state index in [0.717, 1.165) is 32.0 Å². The molecule has 1 fully saturated rings. The molecule has 1 aliphatic rings. The van der Waals surface area contributed by atoms with Crippen LogP contribution in [0.3, 0.4) is 0 Å². The number of aromatic nitrogens is 5. The molecule has 0 radical (unpaired) electrons. The molecule has 3 aromatic rings. The highest BCUT2D eigenvalue weighted by Crippen LogP contribution is 2.22. The van der Waals surface area contributed by atoms with Crippen LogP contribution >= 0.6 is 0 Å². The van der Waals surface area contributed by atoms with Gasteiger partial charge in [-0.15, -0.1) is 5.10 Å². The summed E-state index contributed by atoms with van der Waals surface area (Å²) in [5.41, 5.74) is 5.17. The van der Waals surface area contributed by atoms with Gasteiger partial charge in [-0.05, 0) is 53.6 Å². The van der Waals surface area contributed by atoms with Crippen molar-refractivity contribution < 1.29 is 9.64 Å². The van der Waals surface area contributed by atoms with E-state index in [2.05, 4.69) is 69.6 Å². The number of hydrogen-bond donors (Lipinski definition) is 1. The number of quaternary nitrogens is 1. The van der Waals surface area contributed by atoms with E-state index >= 15 is 0 Å². The first kappa shape index (κ1) is 20.4. The summed E-state index contributed by atoms with van der Waals surface area (Å²) in [5.74, 6) is 0.883. The third kappa shape index (κ3) is 4.34. The fourth-order valence-electron chi connectivity index (χ4n) is 4.26. The van der Waals surface area contributed by atoms with Crippen LogP contribution in [-0.4, -0.2) is 65.1 Å². The number of benzene rings is 1. The van der Waals surface area contributed by atoms with Crippen molar-refractivity contribution in [1.82, 2.24) is 25.2 Å². The zero-order chi connectivity index (χ0) is 20.9. The van der Waals surface area contributed by atoms with E-state index in [1.807, 2.05) is 17.1 Å². The van der Waals surface area contributed by atoms with Crippen LogP contribution in [0.15, 0.2) is 42.7 Å². The minimum atomic E-state index is 0.0700. The predicted molar refractivity (Wildman–Crippen MR) is 115 cm³/mol. The SMILES string of the molecule is COCCn1nnnc1[C@@H](c1ccncc1)[NH+]1CCN(c2cc(C)ccc2C)CC1. The molecule has 0 saturated carbocycles. The number of anilines is 1. The molecule has 158 valence electrons. The number of methoxy groups -OCH3 is 1. The Morgan fingerprint density at radius 3 is 2.60 bits per heavy atom. The first-order valence-electron chi connectivity index (χ1n) is 10.5. The molecule has 30 heavy (non-hydrogen) atoms. The Kier molecular flexibility index (Phi) is 6.35. The van der Waals surface area contributed by atoms with Crippen LogP contribution in [0.2, 0.25) is 0 Å². The summed E-state index contributed by atoms with van der Waals surface area (Å²) in [6.45, 7) is 9.59. The van der Waals surface area contributed by atoms with Crippen LogP contribution in [0.25, 0.3) is 0 Å². The number of pyridine rings is 1. The number of nitrogens with one attached hydrogen (secondary N) is 1. The Morgan fingerprint density at radius 1 is 1.10 bits per heavy atom. The molecule has 0 unspecified atom stereocenters. The van der Waals surface area contributed by atoms with Gasteiger partial charge < -0.3 is 14.5 Å². The molecule has 1 atom stereocenters. The van der Waals surface area contributed by atoms with Crippen LogP contribution in [-0.2, 0) is 11.3 Å². The van der Waals surface area contributed by atoms with Crippen LogP contribution in [0, 0.1) is 13.8 Å². The summed E-state index contributed by atoms with van der Waals surface area (Å²) >= 11 is 0. The maximum absolute atomic E-state index is 5.25. The van der Waals surface area contributed by atoms with Gasteiger partial charge in [-0.3, -0.25) is 4.98 Å². The number of piperazine rings is 1. The number of tetrazole rings is 1. The van der Waals surface area contributed by atoms with Gasteiger partial charge in [0, 0.05) is 30.8 Å². The second kappa shape index (κ2) is 9.32. The highest BCUT2D eigenvalue weighted by atomic mass is 16.5. The smallest absolute Gasteiger partial charge is 0.214 e. The standard InChI is InChI=1S/C22H29N7O/c1-17-4-5-18(2)20(16-17)27-10-12-28(13-11-27)21(19-6-8-23-9-7-19)22-24-25-26-29(22)14-15-30-3/h4-9,16,21H,10-15H2,1-3H3/p+1/t21-/m1/s1. The second-order valence-electron chi connectivity index (χ2n) is 7.90. The Hall–Kier alpha value is -2.84. The van der Waals surface area contributed by atoms with Crippen molar-refractivity contribution in [2.24, 2.45) is 0 Å². The van der Waals surface area contributed by atoms with Crippen molar-refractivity contribution in [1.29, 1.82) is 0 Å². The largest absolute Gasteiger partial charge is 0.383 e. The van der Waals surface area contributed by atoms with Gasteiger partial charge in [0.2, 0.25) is 5.82 Å². The van der Waals surface area contributed by atoms with Gasteiger partial charge in [-0.2, -0.15) is 0 Å². The molecule has 8 nitrogen and oxygen atoms in total. The van der Waals surface area contributed by atoms with Crippen LogP contribution < -0.4 is 9.80 Å². The maximum atomic E-state index is 5.25. The zero-order valence-corrected chi connectivity index (χ0v) is 18.0. The van der Waals surface area contributed by atoms with E-state index in [4.69, 9.17) is 4.74 Å². The fourth-order valence-corrected chi connectivity index (χ4v) is 4.26. The first-order chi connectivity index (χ1) is 14.7. The summed E-state index contributed by atoms with van der Waals surface area (Å²) in [6, 6.07) is 10.9. The van der Waals surface area contributed by atoms with Crippen molar-refractivity contribution >= 4 is 5.69 Å². The van der Waals surface area contributed by atoms with Crippen molar-refractivity contribution in [3.05, 3.63) is 65.2 Å². The molecule has 1 N–H and O–H groups in total. The van der Waals surface area contributed by atoms with Crippen LogP contribution in [0.4, 0.5) is 5.69 Å². The van der Waals surface area contributed by atoms with Gasteiger partial charge in [0.05, 0.1) is 39.3 Å². The predicted octanol–water partition coefficient (Wildman–Crippen LogP) is 0.826. The summed E-state index contributed by atoms with van der Waals surface area (Å²) in [6.07, 6.45) is 3.69. The highest BCUT2D eigenvalue weighted by molar-refractivity contribution is 5.55. The Balaban J connectivity index is 1.57. The van der Waals surface area contributed by atoms with Crippen LogP contribution in [0.1, 0.15) is 28.6 Å². The number of hydrogen-bond acceptors (Lipinski definition) is 6. The number of ether oxygens (including phenoxy) is 1. The Morgan fingerprint density at radius 2 is 1.87 bits per heavy atom. The summed E-state index contributed by atoms with van der Waals surface area (Å²) in [5, 5.41) is 12.6. The topological polar surface area (TPSA) is 73.4 Å². The van der Waals surface area contributed by atoms with Crippen molar-refractivity contribution in [2.45, 2.75) is 26.4 Å². The van der Waals surface area contributed by atoms with Gasteiger partial charge in [0.1, 0.15) is 0 Å². The molecule has 1 saturated heterocycles. The van der Waals surface area contributed by atoms with Crippen molar-refractivity contribution in [3.8, 4) is 0 Å². The molecule has 0 bridgehead atoms. The molecule has 0 amide bonds. The lowest BCUT2D eigenvalue weighted by Crippen LogP contribution is -3.15. The van der Waals surface area contributed by atoms with Gasteiger partial charge in [0.25, 0.3) is 0 Å². The summed E-state index contributed by atoms with van der Waals surface area (Å²) in [7, 11) is 1.70. The van der Waals surface area contributed by atoms with Gasteiger partial charge >= 0.3 is 0 Å². The second-order valence-corrected chi connectivity index (χ2v) is 7.90. The lowest BCUT2D eigenvalue weighted by molar-refractivity contribution is -0.927. The minimum Gasteiger partial charge on any atom is -0.383 e. The normalized spacial score (nSPS) is 16.0. The number of rotatable bonds is 7. The van der Waals surface area contributed by atoms with E-state index < -0.39 is 0 Å². The molecular formula is C22H30N7O+. The van der Waals surface area contributed by atoms with Gasteiger partial charge in [-0.1, -0.05) is 12.1 Å². The van der Waals surface area contributed by atoms with Crippen LogP contribution in [0.5, 0.6) is 0 Å². The average molecular weight is 409 g/mol. The van der Waals surface area contributed by atoms with Crippen molar-refractivity contribution in [2.75, 3.05) is 44.8 Å². The summed E-state index contributed by atoms with van der Waals surface area (Å²) < 4.78 is 7.12. The lowest BCUT2D eigenvalue weighted by atomic mass is 10.0. The van der Waals surface area contributed by atoms with E-state index in [1.54, 1.807) is 7.11 Å². The fraction of sp³-hybridized carbons (Fsp3) is 0.455. The molecule has 1 aliphatic heterocycles. The Labute approximate surface area is 177 Å². The molecule has 8 heteroatoms. The monoisotopic (exact) mass is 408 g/mol. The maximum Gasteiger partial charge on any atom is 0.214 e. The number of aryl methyl sites for hydroxylation is 2. The quantitative estimate of drug-likeness (QED) is 0.624. The average Bonchev–Trinajstić information content (AvgIpc) is 3.23. The van der Waals surface area contributed by atoms with Gasteiger partial charge in [-0.25, -0.2) is 4.68 Å². The van der Waals surface area contributed by atoms with Crippen molar-refractivity contribution in [3.63, 3.8) is 0 Å². The highest BCUT2D eigenvalue weighted by Gasteiger charge is 2.34. The first-order valence-corrected chi connectivity index (χ1v) is 10.5. The summed E-state index contributed by atoms with van der Waals surface area (Å²) in [4.78, 5) is 8.17. The van der Waals surface area contributed by atoms with E-state index in [9.17, 15) is 0 Å². The Bertz CT molecular complexity index is 951.